The summed E-state index contributed by atoms with van der Waals surface area (Å²) in [5, 5.41) is 11.2. The standard InChI is InChI=1S/C22H15Cl2NO5S/c23-18-9-19(24)11-21(10-18)31(28,29)25(12-22(26)27)20-4-3-14-7-15(1-2-16(14)8-20)17-5-6-30-13-17/h1-11,13H,12H2,(H,26,27). The molecule has 0 aliphatic rings. The molecule has 4 aromatic rings. The van der Waals surface area contributed by atoms with E-state index in [1.54, 1.807) is 30.7 Å². The van der Waals surface area contributed by atoms with Crippen molar-refractivity contribution in [3.8, 4) is 11.1 Å². The summed E-state index contributed by atoms with van der Waals surface area (Å²) in [4.78, 5) is 11.3. The summed E-state index contributed by atoms with van der Waals surface area (Å²) in [5.41, 5.74) is 2.07. The molecule has 0 saturated heterocycles. The van der Waals surface area contributed by atoms with E-state index in [0.29, 0.717) is 0 Å². The number of fused-ring (bicyclic) bond motifs is 1. The number of carboxylic acids is 1. The van der Waals surface area contributed by atoms with Gasteiger partial charge in [-0.15, -0.1) is 0 Å². The average molecular weight is 476 g/mol. The molecule has 1 N–H and O–H groups in total. The highest BCUT2D eigenvalue weighted by molar-refractivity contribution is 7.92. The summed E-state index contributed by atoms with van der Waals surface area (Å²) in [7, 11) is -4.24. The predicted molar refractivity (Wildman–Crippen MR) is 120 cm³/mol. The van der Waals surface area contributed by atoms with Crippen molar-refractivity contribution >= 4 is 55.7 Å². The number of carbonyl (C=O) groups is 1. The highest BCUT2D eigenvalue weighted by atomic mass is 35.5. The largest absolute Gasteiger partial charge is 0.480 e. The van der Waals surface area contributed by atoms with Crippen LogP contribution in [0, 0.1) is 0 Å². The summed E-state index contributed by atoms with van der Waals surface area (Å²) in [6, 6.07) is 16.3. The molecule has 9 heteroatoms. The lowest BCUT2D eigenvalue weighted by molar-refractivity contribution is -0.135. The number of hydrogen-bond acceptors (Lipinski definition) is 4. The first-order valence-electron chi connectivity index (χ1n) is 9.01. The number of carboxylic acid groups (broad SMARTS) is 1. The molecule has 0 radical (unpaired) electrons. The second-order valence-corrected chi connectivity index (χ2v) is 9.50. The Labute approximate surface area is 188 Å². The van der Waals surface area contributed by atoms with Gasteiger partial charge in [-0.05, 0) is 58.8 Å². The Bertz CT molecular complexity index is 1360. The van der Waals surface area contributed by atoms with E-state index in [4.69, 9.17) is 27.6 Å². The zero-order chi connectivity index (χ0) is 22.2. The first-order valence-corrected chi connectivity index (χ1v) is 11.2. The van der Waals surface area contributed by atoms with Gasteiger partial charge in [0.05, 0.1) is 23.1 Å². The van der Waals surface area contributed by atoms with E-state index >= 15 is 0 Å². The van der Waals surface area contributed by atoms with Crippen molar-refractivity contribution < 1.29 is 22.7 Å². The van der Waals surface area contributed by atoms with E-state index in [0.717, 1.165) is 26.2 Å². The summed E-state index contributed by atoms with van der Waals surface area (Å²) in [6.07, 6.45) is 3.21. The summed E-state index contributed by atoms with van der Waals surface area (Å²) < 4.78 is 32.4. The summed E-state index contributed by atoms with van der Waals surface area (Å²) in [6.45, 7) is -0.759. The Morgan fingerprint density at radius 3 is 2.23 bits per heavy atom. The molecule has 1 aromatic heterocycles. The maximum atomic E-state index is 13.3. The molecule has 6 nitrogen and oxygen atoms in total. The number of sulfonamides is 1. The molecular formula is C22H15Cl2NO5S. The molecule has 0 fully saturated rings. The maximum Gasteiger partial charge on any atom is 0.324 e. The summed E-state index contributed by atoms with van der Waals surface area (Å²) >= 11 is 11.9. The van der Waals surface area contributed by atoms with Crippen molar-refractivity contribution in [2.24, 2.45) is 0 Å². The van der Waals surface area contributed by atoms with Gasteiger partial charge < -0.3 is 9.52 Å². The highest BCUT2D eigenvalue weighted by Gasteiger charge is 2.28. The van der Waals surface area contributed by atoms with Crippen LogP contribution < -0.4 is 4.31 Å². The number of anilines is 1. The second-order valence-electron chi connectivity index (χ2n) is 6.77. The highest BCUT2D eigenvalue weighted by Crippen LogP contribution is 2.31. The third-order valence-corrected chi connectivity index (χ3v) is 6.86. The normalized spacial score (nSPS) is 11.5. The Morgan fingerprint density at radius 1 is 0.903 bits per heavy atom. The molecule has 4 rings (SSSR count). The van der Waals surface area contributed by atoms with Crippen LogP contribution in [0.25, 0.3) is 21.9 Å². The number of rotatable bonds is 6. The monoisotopic (exact) mass is 475 g/mol. The van der Waals surface area contributed by atoms with E-state index in [9.17, 15) is 18.3 Å². The Morgan fingerprint density at radius 2 is 1.58 bits per heavy atom. The van der Waals surface area contributed by atoms with Crippen LogP contribution in [0.4, 0.5) is 5.69 Å². The third-order valence-electron chi connectivity index (χ3n) is 4.67. The number of furan rings is 1. The van der Waals surface area contributed by atoms with Gasteiger partial charge in [-0.2, -0.15) is 0 Å². The molecule has 0 bridgehead atoms. The predicted octanol–water partition coefficient (Wildman–Crippen LogP) is 5.69. The van der Waals surface area contributed by atoms with Gasteiger partial charge in [-0.3, -0.25) is 9.10 Å². The van der Waals surface area contributed by atoms with Crippen LogP contribution in [0.15, 0.2) is 82.5 Å². The van der Waals surface area contributed by atoms with Gasteiger partial charge in [-0.25, -0.2) is 8.42 Å². The van der Waals surface area contributed by atoms with E-state index in [-0.39, 0.29) is 20.6 Å². The molecule has 0 unspecified atom stereocenters. The number of hydrogen-bond donors (Lipinski definition) is 1. The lowest BCUT2D eigenvalue weighted by Crippen LogP contribution is -2.35. The molecule has 3 aromatic carbocycles. The lowest BCUT2D eigenvalue weighted by atomic mass is 10.0. The van der Waals surface area contributed by atoms with Gasteiger partial charge in [0.2, 0.25) is 0 Å². The second kappa shape index (κ2) is 8.26. The summed E-state index contributed by atoms with van der Waals surface area (Å²) in [5.74, 6) is -1.30. The molecule has 31 heavy (non-hydrogen) atoms. The van der Waals surface area contributed by atoms with Gasteiger partial charge >= 0.3 is 5.97 Å². The fourth-order valence-electron chi connectivity index (χ4n) is 3.24. The van der Waals surface area contributed by atoms with Gasteiger partial charge in [-0.1, -0.05) is 41.4 Å². The maximum absolute atomic E-state index is 13.3. The van der Waals surface area contributed by atoms with Crippen LogP contribution in [0.5, 0.6) is 0 Å². The third kappa shape index (κ3) is 4.39. The number of nitrogens with zero attached hydrogens (tertiary/aromatic N) is 1. The molecule has 0 aliphatic heterocycles. The van der Waals surface area contributed by atoms with Gasteiger partial charge in [0, 0.05) is 15.6 Å². The zero-order valence-electron chi connectivity index (χ0n) is 15.8. The quantitative estimate of drug-likeness (QED) is 0.387. The Kier molecular flexibility index (Phi) is 5.66. The fraction of sp³-hybridized carbons (Fsp3) is 0.0455. The van der Waals surface area contributed by atoms with Crippen LogP contribution in [0.1, 0.15) is 0 Å². The van der Waals surface area contributed by atoms with Crippen LogP contribution in [-0.4, -0.2) is 26.0 Å². The van der Waals surface area contributed by atoms with E-state index in [1.807, 2.05) is 24.3 Å². The van der Waals surface area contributed by atoms with Gasteiger partial charge in [0.1, 0.15) is 6.54 Å². The van der Waals surface area contributed by atoms with Crippen LogP contribution in [0.2, 0.25) is 10.0 Å². The molecule has 0 amide bonds. The molecular weight excluding hydrogens is 461 g/mol. The molecule has 158 valence electrons. The molecule has 0 spiro atoms. The average Bonchev–Trinajstić information content (AvgIpc) is 3.25. The smallest absolute Gasteiger partial charge is 0.324 e. The van der Waals surface area contributed by atoms with Crippen molar-refractivity contribution in [1.29, 1.82) is 0 Å². The Hall–Kier alpha value is -3.00. The Balaban J connectivity index is 1.80. The molecule has 1 heterocycles. The topological polar surface area (TPSA) is 87.8 Å². The van der Waals surface area contributed by atoms with Gasteiger partial charge in [0.25, 0.3) is 10.0 Å². The first kappa shape index (κ1) is 21.2. The van der Waals surface area contributed by atoms with E-state index in [2.05, 4.69) is 0 Å². The van der Waals surface area contributed by atoms with Crippen molar-refractivity contribution in [2.45, 2.75) is 4.90 Å². The van der Waals surface area contributed by atoms with Crippen molar-refractivity contribution in [3.05, 3.63) is 83.2 Å². The van der Waals surface area contributed by atoms with Crippen LogP contribution in [0.3, 0.4) is 0 Å². The number of aliphatic carboxylic acids is 1. The number of halogens is 2. The van der Waals surface area contributed by atoms with Crippen LogP contribution in [-0.2, 0) is 14.8 Å². The minimum absolute atomic E-state index is 0.131. The first-order chi connectivity index (χ1) is 14.7. The van der Waals surface area contributed by atoms with Gasteiger partial charge in [0.15, 0.2) is 0 Å². The minimum Gasteiger partial charge on any atom is -0.480 e. The molecule has 0 atom stereocenters. The van der Waals surface area contributed by atoms with Crippen LogP contribution >= 0.6 is 23.2 Å². The van der Waals surface area contributed by atoms with E-state index < -0.39 is 22.5 Å². The fourth-order valence-corrected chi connectivity index (χ4v) is 5.37. The molecule has 0 saturated carbocycles. The number of benzene rings is 3. The SMILES string of the molecule is O=C(O)CN(c1ccc2cc(-c3ccoc3)ccc2c1)S(=O)(=O)c1cc(Cl)cc(Cl)c1. The lowest BCUT2D eigenvalue weighted by Gasteiger charge is -2.23. The van der Waals surface area contributed by atoms with Crippen molar-refractivity contribution in [2.75, 3.05) is 10.8 Å². The van der Waals surface area contributed by atoms with Crippen molar-refractivity contribution in [1.82, 2.24) is 0 Å². The van der Waals surface area contributed by atoms with Crippen molar-refractivity contribution in [3.63, 3.8) is 0 Å². The minimum atomic E-state index is -4.24. The van der Waals surface area contributed by atoms with E-state index in [1.165, 1.54) is 18.2 Å². The molecule has 0 aliphatic carbocycles. The zero-order valence-corrected chi connectivity index (χ0v) is 18.2.